The van der Waals surface area contributed by atoms with Gasteiger partial charge in [-0.1, -0.05) is 26.8 Å². The van der Waals surface area contributed by atoms with Crippen molar-refractivity contribution in [3.8, 4) is 5.75 Å². The molecule has 37 heavy (non-hydrogen) atoms. The lowest BCUT2D eigenvalue weighted by molar-refractivity contribution is -0.132. The third-order valence-electron chi connectivity index (χ3n) is 6.16. The molecule has 8 heteroatoms. The largest absolute Gasteiger partial charge is 0.507 e. The lowest BCUT2D eigenvalue weighted by Crippen LogP contribution is -2.29. The Bertz CT molecular complexity index is 1390. The van der Waals surface area contributed by atoms with Crippen LogP contribution in [0.4, 0.5) is 11.4 Å². The van der Waals surface area contributed by atoms with Gasteiger partial charge in [-0.2, -0.15) is 0 Å². The topological polar surface area (TPSA) is 109 Å². The maximum absolute atomic E-state index is 13.4. The van der Waals surface area contributed by atoms with E-state index in [0.29, 0.717) is 28.4 Å². The number of aliphatic hydroxyl groups is 1. The molecule has 1 fully saturated rings. The first-order valence-electron chi connectivity index (χ1n) is 11.8. The van der Waals surface area contributed by atoms with Crippen molar-refractivity contribution in [1.29, 1.82) is 0 Å². The Morgan fingerprint density at radius 3 is 2.32 bits per heavy atom. The molecule has 0 spiro atoms. The highest BCUT2D eigenvalue weighted by atomic mass is 16.5. The Hall–Kier alpha value is -4.46. The van der Waals surface area contributed by atoms with E-state index in [-0.39, 0.29) is 22.7 Å². The van der Waals surface area contributed by atoms with Crippen molar-refractivity contribution in [2.45, 2.75) is 39.2 Å². The molecule has 190 valence electrons. The number of aliphatic hydroxyl groups excluding tert-OH is 1. The molecule has 1 unspecified atom stereocenters. The summed E-state index contributed by atoms with van der Waals surface area (Å²) in [4.78, 5) is 43.8. The van der Waals surface area contributed by atoms with Crippen LogP contribution in [-0.4, -0.2) is 34.8 Å². The number of nitrogens with zero attached hydrogens (tertiary/aromatic N) is 2. The number of nitrogens with one attached hydrogen (secondary N) is 1. The van der Waals surface area contributed by atoms with Crippen LogP contribution in [0, 0.1) is 0 Å². The van der Waals surface area contributed by atoms with Gasteiger partial charge in [0.15, 0.2) is 0 Å². The number of carbonyl (C=O) groups excluding carboxylic acids is 3. The molecular weight excluding hydrogens is 470 g/mol. The number of carbonyl (C=O) groups is 3. The van der Waals surface area contributed by atoms with Gasteiger partial charge in [0.1, 0.15) is 17.6 Å². The number of hydrogen-bond acceptors (Lipinski definition) is 6. The van der Waals surface area contributed by atoms with E-state index in [0.717, 1.165) is 5.56 Å². The van der Waals surface area contributed by atoms with Gasteiger partial charge in [-0.3, -0.25) is 24.3 Å². The highest BCUT2D eigenvalue weighted by Gasteiger charge is 2.47. The fourth-order valence-electron chi connectivity index (χ4n) is 4.42. The first-order valence-corrected chi connectivity index (χ1v) is 11.8. The lowest BCUT2D eigenvalue weighted by atomic mass is 9.84. The number of methoxy groups -OCH3 is 1. The Balaban J connectivity index is 1.89. The molecule has 4 rings (SSSR count). The first kappa shape index (κ1) is 25.6. The molecule has 1 aliphatic heterocycles. The zero-order valence-electron chi connectivity index (χ0n) is 21.4. The molecule has 3 aromatic rings. The van der Waals surface area contributed by atoms with Crippen LogP contribution in [0.5, 0.6) is 5.75 Å². The summed E-state index contributed by atoms with van der Waals surface area (Å²) in [5, 5.41) is 14.1. The number of benzene rings is 2. The van der Waals surface area contributed by atoms with Gasteiger partial charge < -0.3 is 15.2 Å². The number of ether oxygens (including phenoxy) is 1. The molecule has 0 saturated carbocycles. The molecule has 8 nitrogen and oxygen atoms in total. The smallest absolute Gasteiger partial charge is 0.300 e. The van der Waals surface area contributed by atoms with Crippen LogP contribution in [0.1, 0.15) is 50.6 Å². The molecule has 0 aliphatic carbocycles. The molecule has 1 atom stereocenters. The van der Waals surface area contributed by atoms with E-state index in [2.05, 4.69) is 10.3 Å². The van der Waals surface area contributed by atoms with Gasteiger partial charge >= 0.3 is 0 Å². The number of pyridine rings is 1. The fourth-order valence-corrected chi connectivity index (χ4v) is 4.42. The van der Waals surface area contributed by atoms with Crippen LogP contribution < -0.4 is 15.0 Å². The van der Waals surface area contributed by atoms with E-state index in [1.54, 1.807) is 74.0 Å². The maximum atomic E-state index is 13.4. The Morgan fingerprint density at radius 1 is 1.05 bits per heavy atom. The molecule has 2 amide bonds. The average molecular weight is 500 g/mol. The normalized spacial score (nSPS) is 17.1. The average Bonchev–Trinajstić information content (AvgIpc) is 3.13. The van der Waals surface area contributed by atoms with E-state index in [9.17, 15) is 19.5 Å². The van der Waals surface area contributed by atoms with Crippen molar-refractivity contribution in [2.24, 2.45) is 0 Å². The van der Waals surface area contributed by atoms with Crippen molar-refractivity contribution in [3.05, 3.63) is 89.3 Å². The minimum absolute atomic E-state index is 0.0559. The highest BCUT2D eigenvalue weighted by Crippen LogP contribution is 2.42. The molecular formula is C29H29N3O5. The number of ketones is 1. The van der Waals surface area contributed by atoms with E-state index in [1.807, 2.05) is 20.8 Å². The van der Waals surface area contributed by atoms with Crippen molar-refractivity contribution >= 4 is 34.7 Å². The van der Waals surface area contributed by atoms with Gasteiger partial charge in [0.25, 0.3) is 11.7 Å². The quantitative estimate of drug-likeness (QED) is 0.291. The SMILES string of the molecule is COc1ccc(/C(O)=C2/C(=O)C(=O)N(c3ccc(NC(C)=O)cc3)C2c2ccccn2)cc1C(C)(C)C. The summed E-state index contributed by atoms with van der Waals surface area (Å²) < 4.78 is 5.51. The van der Waals surface area contributed by atoms with Crippen LogP contribution in [0.25, 0.3) is 5.76 Å². The van der Waals surface area contributed by atoms with Crippen LogP contribution in [0.2, 0.25) is 0 Å². The Labute approximate surface area is 215 Å². The number of rotatable bonds is 5. The summed E-state index contributed by atoms with van der Waals surface area (Å²) in [5.74, 6) is -1.46. The minimum Gasteiger partial charge on any atom is -0.507 e. The van der Waals surface area contributed by atoms with Crippen molar-refractivity contribution in [1.82, 2.24) is 4.98 Å². The predicted molar refractivity (Wildman–Crippen MR) is 141 cm³/mol. The lowest BCUT2D eigenvalue weighted by Gasteiger charge is -2.25. The standard InChI is InChI=1S/C29H29N3O5/c1-17(33)31-19-10-12-20(13-11-19)32-25(22-8-6-7-15-30-22)24(27(35)28(32)36)26(34)18-9-14-23(37-5)21(16-18)29(2,3)4/h6-16,25,34H,1-5H3,(H,31,33)/b26-24-. The second kappa shape index (κ2) is 9.89. The number of aromatic nitrogens is 1. The van der Waals surface area contributed by atoms with Crippen LogP contribution in [0.3, 0.4) is 0 Å². The fraction of sp³-hybridized carbons (Fsp3) is 0.241. The van der Waals surface area contributed by atoms with E-state index in [4.69, 9.17) is 4.74 Å². The third kappa shape index (κ3) is 4.95. The van der Waals surface area contributed by atoms with E-state index < -0.39 is 17.7 Å². The second-order valence-electron chi connectivity index (χ2n) is 9.82. The summed E-state index contributed by atoms with van der Waals surface area (Å²) in [7, 11) is 1.58. The number of hydrogen-bond donors (Lipinski definition) is 2. The Kier molecular flexibility index (Phi) is 6.85. The number of amides is 2. The minimum atomic E-state index is -0.951. The summed E-state index contributed by atoms with van der Waals surface area (Å²) in [6, 6.07) is 16.0. The zero-order chi connectivity index (χ0) is 26.9. The molecule has 1 saturated heterocycles. The number of anilines is 2. The van der Waals surface area contributed by atoms with E-state index >= 15 is 0 Å². The van der Waals surface area contributed by atoms with Crippen LogP contribution >= 0.6 is 0 Å². The van der Waals surface area contributed by atoms with Crippen molar-refractivity contribution in [3.63, 3.8) is 0 Å². The molecule has 2 aromatic carbocycles. The van der Waals surface area contributed by atoms with Crippen LogP contribution in [-0.2, 0) is 19.8 Å². The van der Waals surface area contributed by atoms with Crippen LogP contribution in [0.15, 0.2) is 72.4 Å². The Morgan fingerprint density at radius 2 is 1.76 bits per heavy atom. The predicted octanol–water partition coefficient (Wildman–Crippen LogP) is 4.97. The summed E-state index contributed by atoms with van der Waals surface area (Å²) in [6.45, 7) is 7.46. The van der Waals surface area contributed by atoms with Crippen molar-refractivity contribution in [2.75, 3.05) is 17.3 Å². The van der Waals surface area contributed by atoms with Gasteiger partial charge in [-0.15, -0.1) is 0 Å². The maximum Gasteiger partial charge on any atom is 0.300 e. The molecule has 2 N–H and O–H groups in total. The summed E-state index contributed by atoms with van der Waals surface area (Å²) in [5.41, 5.74) is 2.29. The second-order valence-corrected chi connectivity index (χ2v) is 9.82. The molecule has 2 heterocycles. The van der Waals surface area contributed by atoms with Gasteiger partial charge in [-0.25, -0.2) is 0 Å². The monoisotopic (exact) mass is 499 g/mol. The number of Topliss-reactive ketones (excluding diaryl/α,β-unsaturated/α-hetero) is 1. The zero-order valence-corrected chi connectivity index (χ0v) is 21.4. The molecule has 0 radical (unpaired) electrons. The third-order valence-corrected chi connectivity index (χ3v) is 6.16. The molecule has 0 bridgehead atoms. The molecule has 1 aliphatic rings. The van der Waals surface area contributed by atoms with E-state index in [1.165, 1.54) is 11.8 Å². The summed E-state index contributed by atoms with van der Waals surface area (Å²) >= 11 is 0. The first-order chi connectivity index (χ1) is 17.5. The summed E-state index contributed by atoms with van der Waals surface area (Å²) in [6.07, 6.45) is 1.57. The molecule has 1 aromatic heterocycles. The van der Waals surface area contributed by atoms with Gasteiger partial charge in [-0.05, 0) is 60.0 Å². The van der Waals surface area contributed by atoms with Gasteiger partial charge in [0.05, 0.1) is 18.4 Å². The highest BCUT2D eigenvalue weighted by molar-refractivity contribution is 6.51. The van der Waals surface area contributed by atoms with Gasteiger partial charge in [0, 0.05) is 35.6 Å². The van der Waals surface area contributed by atoms with Gasteiger partial charge in [0.2, 0.25) is 5.91 Å². The van der Waals surface area contributed by atoms with Crippen molar-refractivity contribution < 1.29 is 24.2 Å².